The fourth-order valence-electron chi connectivity index (χ4n) is 7.70. The van der Waals surface area contributed by atoms with Gasteiger partial charge in [-0.05, 0) is 109 Å². The molecular formula is C36H46N2O3S. The van der Waals surface area contributed by atoms with Crippen molar-refractivity contribution in [2.45, 2.75) is 88.9 Å². The molecule has 2 aromatic carbocycles. The zero-order valence-corrected chi connectivity index (χ0v) is 26.3. The largest absolute Gasteiger partial charge is 0.487 e. The molecule has 1 spiro atoms. The standard InChI is InChI=1S/C36H46N2O3S/c1-26(2)33-22-27(3)7-13-34(33)38-20-17-36(18-21-38)16-15-31-23-30(12-14-35(31)41-36)29-10-8-28(9-11-29)24-42(39,40)25-32-6-4-5-19-37-32/h4-6,8-12,14,19,23,26-27,33-34H,7,13,15-18,20-22,24-25H2,1-3H3/t27-,33-,34+/m1/s1. The molecule has 2 fully saturated rings. The van der Waals surface area contributed by atoms with E-state index in [1.807, 2.05) is 30.3 Å². The third-order valence-electron chi connectivity index (χ3n) is 10.2. The summed E-state index contributed by atoms with van der Waals surface area (Å²) in [6.07, 6.45) is 10.1. The zero-order valence-electron chi connectivity index (χ0n) is 25.5. The van der Waals surface area contributed by atoms with Crippen molar-refractivity contribution < 1.29 is 13.2 Å². The van der Waals surface area contributed by atoms with E-state index in [0.717, 1.165) is 85.0 Å². The summed E-state index contributed by atoms with van der Waals surface area (Å²) in [6, 6.07) is 20.6. The third kappa shape index (κ3) is 6.60. The first-order chi connectivity index (χ1) is 20.2. The van der Waals surface area contributed by atoms with Crippen LogP contribution in [0.3, 0.4) is 0 Å². The Kier molecular flexibility index (Phi) is 8.48. The van der Waals surface area contributed by atoms with Crippen molar-refractivity contribution in [3.8, 4) is 16.9 Å². The van der Waals surface area contributed by atoms with Gasteiger partial charge < -0.3 is 4.74 Å². The fraction of sp³-hybridized carbons (Fsp3) is 0.528. The SMILES string of the molecule is CC(C)[C@H]1C[C@H](C)CC[C@@H]1N1CCC2(CCc3cc(-c4ccc(CS(=O)(=O)Cc5ccccn5)cc4)ccc3O2)CC1. The van der Waals surface area contributed by atoms with E-state index in [1.165, 1.54) is 24.8 Å². The van der Waals surface area contributed by atoms with Gasteiger partial charge in [-0.2, -0.15) is 0 Å². The maximum absolute atomic E-state index is 12.7. The average Bonchev–Trinajstić information content (AvgIpc) is 2.98. The number of likely N-dealkylation sites (tertiary alicyclic amines) is 1. The number of hydrogen-bond donors (Lipinski definition) is 0. The molecular weight excluding hydrogens is 540 g/mol. The van der Waals surface area contributed by atoms with Gasteiger partial charge in [0.1, 0.15) is 11.4 Å². The van der Waals surface area contributed by atoms with E-state index in [1.54, 1.807) is 18.3 Å². The van der Waals surface area contributed by atoms with Crippen LogP contribution in [0.5, 0.6) is 5.75 Å². The second-order valence-corrected chi connectivity index (χ2v) is 15.7. The fourth-order valence-corrected chi connectivity index (χ4v) is 9.13. The maximum Gasteiger partial charge on any atom is 0.160 e. The molecule has 3 heterocycles. The van der Waals surface area contributed by atoms with E-state index in [9.17, 15) is 8.42 Å². The number of rotatable bonds is 7. The molecule has 1 saturated heterocycles. The number of benzene rings is 2. The lowest BCUT2D eigenvalue weighted by atomic mass is 9.72. The predicted molar refractivity (Wildman–Crippen MR) is 170 cm³/mol. The second kappa shape index (κ2) is 12.1. The zero-order chi connectivity index (χ0) is 29.3. The van der Waals surface area contributed by atoms with E-state index >= 15 is 0 Å². The topological polar surface area (TPSA) is 59.5 Å². The van der Waals surface area contributed by atoms with Crippen LogP contribution in [0.1, 0.15) is 76.1 Å². The van der Waals surface area contributed by atoms with Gasteiger partial charge in [-0.15, -0.1) is 0 Å². The van der Waals surface area contributed by atoms with Crippen LogP contribution < -0.4 is 4.74 Å². The Morgan fingerprint density at radius 3 is 2.43 bits per heavy atom. The number of piperidine rings is 1. The Hall–Kier alpha value is -2.70. The van der Waals surface area contributed by atoms with Crippen molar-refractivity contribution in [1.29, 1.82) is 0 Å². The Morgan fingerprint density at radius 2 is 1.71 bits per heavy atom. The summed E-state index contributed by atoms with van der Waals surface area (Å²) in [4.78, 5) is 6.97. The summed E-state index contributed by atoms with van der Waals surface area (Å²) in [6.45, 7) is 9.57. The number of aromatic nitrogens is 1. The molecule has 1 aliphatic carbocycles. The van der Waals surface area contributed by atoms with Gasteiger partial charge in [-0.3, -0.25) is 9.88 Å². The number of aryl methyl sites for hydroxylation is 1. The van der Waals surface area contributed by atoms with Crippen LogP contribution in [0.4, 0.5) is 0 Å². The molecule has 1 aromatic heterocycles. The number of sulfone groups is 1. The first-order valence-electron chi connectivity index (χ1n) is 15.9. The first-order valence-corrected chi connectivity index (χ1v) is 17.8. The van der Waals surface area contributed by atoms with Gasteiger partial charge >= 0.3 is 0 Å². The summed E-state index contributed by atoms with van der Waals surface area (Å²) in [7, 11) is -3.29. The van der Waals surface area contributed by atoms with Crippen molar-refractivity contribution in [3.05, 3.63) is 83.7 Å². The highest BCUT2D eigenvalue weighted by Crippen LogP contribution is 2.43. The van der Waals surface area contributed by atoms with Crippen LogP contribution in [-0.4, -0.2) is 43.0 Å². The molecule has 42 heavy (non-hydrogen) atoms. The van der Waals surface area contributed by atoms with Crippen LogP contribution in [0, 0.1) is 17.8 Å². The number of ether oxygens (including phenoxy) is 1. The molecule has 3 aromatic rings. The highest BCUT2D eigenvalue weighted by molar-refractivity contribution is 7.89. The van der Waals surface area contributed by atoms with Crippen LogP contribution >= 0.6 is 0 Å². The molecule has 3 atom stereocenters. The molecule has 0 amide bonds. The van der Waals surface area contributed by atoms with E-state index in [4.69, 9.17) is 4.74 Å². The van der Waals surface area contributed by atoms with Gasteiger partial charge in [-0.1, -0.05) is 57.2 Å². The third-order valence-corrected chi connectivity index (χ3v) is 11.7. The van der Waals surface area contributed by atoms with Gasteiger partial charge in [0.25, 0.3) is 0 Å². The molecule has 0 radical (unpaired) electrons. The summed E-state index contributed by atoms with van der Waals surface area (Å²) < 4.78 is 32.2. The Labute approximate surface area is 252 Å². The van der Waals surface area contributed by atoms with Gasteiger partial charge in [0.05, 0.1) is 17.2 Å². The molecule has 2 aliphatic heterocycles. The van der Waals surface area contributed by atoms with Crippen LogP contribution in [0.2, 0.25) is 0 Å². The Morgan fingerprint density at radius 1 is 0.952 bits per heavy atom. The van der Waals surface area contributed by atoms with E-state index in [-0.39, 0.29) is 17.1 Å². The quantitative estimate of drug-likeness (QED) is 0.287. The summed E-state index contributed by atoms with van der Waals surface area (Å²) >= 11 is 0. The Bertz CT molecular complexity index is 1460. The second-order valence-electron chi connectivity index (χ2n) is 13.6. The molecule has 3 aliphatic rings. The van der Waals surface area contributed by atoms with Crippen molar-refractivity contribution in [2.24, 2.45) is 17.8 Å². The molecule has 0 N–H and O–H groups in total. The van der Waals surface area contributed by atoms with Gasteiger partial charge in [-0.25, -0.2) is 8.42 Å². The lowest BCUT2D eigenvalue weighted by Gasteiger charge is -2.50. The minimum Gasteiger partial charge on any atom is -0.487 e. The highest BCUT2D eigenvalue weighted by atomic mass is 32.2. The smallest absolute Gasteiger partial charge is 0.160 e. The molecule has 6 rings (SSSR count). The summed E-state index contributed by atoms with van der Waals surface area (Å²) in [5, 5.41) is 0. The lowest BCUT2D eigenvalue weighted by Crippen LogP contribution is -2.55. The summed E-state index contributed by atoms with van der Waals surface area (Å²) in [5.74, 6) is 3.45. The highest BCUT2D eigenvalue weighted by Gasteiger charge is 2.43. The number of nitrogens with zero attached hydrogens (tertiary/aromatic N) is 2. The molecule has 224 valence electrons. The molecule has 5 nitrogen and oxygen atoms in total. The van der Waals surface area contributed by atoms with Crippen LogP contribution in [-0.2, 0) is 27.8 Å². The minimum atomic E-state index is -3.29. The number of fused-ring (bicyclic) bond motifs is 1. The summed E-state index contributed by atoms with van der Waals surface area (Å²) in [5.41, 5.74) is 4.88. The molecule has 0 bridgehead atoms. The van der Waals surface area contributed by atoms with Crippen LogP contribution in [0.25, 0.3) is 11.1 Å². The van der Waals surface area contributed by atoms with E-state index < -0.39 is 9.84 Å². The van der Waals surface area contributed by atoms with Crippen LogP contribution in [0.15, 0.2) is 66.9 Å². The van der Waals surface area contributed by atoms with Crippen molar-refractivity contribution in [2.75, 3.05) is 13.1 Å². The molecule has 1 saturated carbocycles. The van der Waals surface area contributed by atoms with Crippen molar-refractivity contribution >= 4 is 9.84 Å². The minimum absolute atomic E-state index is 0.0133. The van der Waals surface area contributed by atoms with Gasteiger partial charge in [0, 0.05) is 25.3 Å². The Balaban J connectivity index is 1.07. The van der Waals surface area contributed by atoms with Gasteiger partial charge in [0.15, 0.2) is 9.84 Å². The number of hydrogen-bond acceptors (Lipinski definition) is 5. The van der Waals surface area contributed by atoms with Crippen molar-refractivity contribution in [1.82, 2.24) is 9.88 Å². The van der Waals surface area contributed by atoms with E-state index in [2.05, 4.69) is 48.9 Å². The monoisotopic (exact) mass is 586 g/mol. The maximum atomic E-state index is 12.7. The molecule has 6 heteroatoms. The normalized spacial score (nSPS) is 24.3. The van der Waals surface area contributed by atoms with E-state index in [0.29, 0.717) is 5.69 Å². The van der Waals surface area contributed by atoms with Gasteiger partial charge in [0.2, 0.25) is 0 Å². The number of pyridine rings is 1. The predicted octanol–water partition coefficient (Wildman–Crippen LogP) is 7.48. The van der Waals surface area contributed by atoms with Crippen molar-refractivity contribution in [3.63, 3.8) is 0 Å². The average molecular weight is 587 g/mol. The first kappa shape index (κ1) is 29.4. The lowest BCUT2D eigenvalue weighted by molar-refractivity contribution is -0.0435. The molecule has 0 unspecified atom stereocenters.